The van der Waals surface area contributed by atoms with Crippen molar-refractivity contribution in [2.45, 2.75) is 26.5 Å². The summed E-state index contributed by atoms with van der Waals surface area (Å²) in [4.78, 5) is 0. The van der Waals surface area contributed by atoms with Crippen molar-refractivity contribution in [2.24, 2.45) is 0 Å². The smallest absolute Gasteiger partial charge is 0.0688 e. The molecule has 2 nitrogen and oxygen atoms in total. The molecule has 82 valence electrons. The molecule has 0 spiro atoms. The average molecular weight is 213 g/mol. The standard InChI is InChI=1S/C14H15NO/c1-2-3-4-9-15-10-8-13-12(11-16)6-5-7-14(13)15/h5-8,10,16H,4,9,11H2,1H3. The first-order valence-corrected chi connectivity index (χ1v) is 5.44. The van der Waals surface area contributed by atoms with Gasteiger partial charge in [0.05, 0.1) is 6.61 Å². The fourth-order valence-electron chi connectivity index (χ4n) is 1.92. The third-order valence-corrected chi connectivity index (χ3v) is 2.73. The van der Waals surface area contributed by atoms with Crippen LogP contribution in [-0.4, -0.2) is 9.67 Å². The molecule has 0 aliphatic heterocycles. The van der Waals surface area contributed by atoms with E-state index < -0.39 is 0 Å². The first-order chi connectivity index (χ1) is 7.86. The highest BCUT2D eigenvalue weighted by Gasteiger charge is 2.03. The van der Waals surface area contributed by atoms with Crippen molar-refractivity contribution in [3.05, 3.63) is 36.0 Å². The summed E-state index contributed by atoms with van der Waals surface area (Å²) in [5.74, 6) is 5.96. The van der Waals surface area contributed by atoms with E-state index in [9.17, 15) is 5.11 Å². The van der Waals surface area contributed by atoms with E-state index in [2.05, 4.69) is 34.7 Å². The second kappa shape index (κ2) is 4.87. The second-order valence-corrected chi connectivity index (χ2v) is 3.69. The Kier molecular flexibility index (Phi) is 3.28. The molecule has 1 N–H and O–H groups in total. The summed E-state index contributed by atoms with van der Waals surface area (Å²) in [5.41, 5.74) is 2.15. The summed E-state index contributed by atoms with van der Waals surface area (Å²) in [7, 11) is 0. The molecule has 16 heavy (non-hydrogen) atoms. The van der Waals surface area contributed by atoms with Gasteiger partial charge in [-0.05, 0) is 24.6 Å². The van der Waals surface area contributed by atoms with Crippen molar-refractivity contribution < 1.29 is 5.11 Å². The Morgan fingerprint density at radius 2 is 2.19 bits per heavy atom. The SMILES string of the molecule is CC#CCCn1ccc2c(CO)cccc21. The Balaban J connectivity index is 2.36. The molecule has 1 aromatic heterocycles. The highest BCUT2D eigenvalue weighted by atomic mass is 16.3. The number of aryl methyl sites for hydroxylation is 1. The van der Waals surface area contributed by atoms with E-state index in [0.29, 0.717) is 0 Å². The monoisotopic (exact) mass is 213 g/mol. The zero-order valence-corrected chi connectivity index (χ0v) is 9.40. The van der Waals surface area contributed by atoms with Gasteiger partial charge in [-0.1, -0.05) is 12.1 Å². The van der Waals surface area contributed by atoms with Crippen LogP contribution in [0.4, 0.5) is 0 Å². The Morgan fingerprint density at radius 3 is 2.94 bits per heavy atom. The van der Waals surface area contributed by atoms with Gasteiger partial charge in [-0.3, -0.25) is 0 Å². The van der Waals surface area contributed by atoms with E-state index in [0.717, 1.165) is 23.9 Å². The maximum absolute atomic E-state index is 9.23. The van der Waals surface area contributed by atoms with Crippen molar-refractivity contribution in [2.75, 3.05) is 0 Å². The average Bonchev–Trinajstić information content (AvgIpc) is 2.73. The van der Waals surface area contributed by atoms with Crippen molar-refractivity contribution in [1.29, 1.82) is 0 Å². The highest BCUT2D eigenvalue weighted by Crippen LogP contribution is 2.20. The van der Waals surface area contributed by atoms with E-state index in [1.807, 2.05) is 19.1 Å². The molecule has 2 aromatic rings. The molecular formula is C14H15NO. The molecule has 0 saturated heterocycles. The summed E-state index contributed by atoms with van der Waals surface area (Å²) >= 11 is 0. The molecule has 1 heterocycles. The molecule has 0 fully saturated rings. The first-order valence-electron chi connectivity index (χ1n) is 5.44. The van der Waals surface area contributed by atoms with Gasteiger partial charge in [-0.2, -0.15) is 0 Å². The van der Waals surface area contributed by atoms with Crippen LogP contribution in [0.25, 0.3) is 10.9 Å². The largest absolute Gasteiger partial charge is 0.392 e. The number of aromatic nitrogens is 1. The summed E-state index contributed by atoms with van der Waals surface area (Å²) in [6.45, 7) is 2.85. The van der Waals surface area contributed by atoms with Crippen LogP contribution >= 0.6 is 0 Å². The van der Waals surface area contributed by atoms with Gasteiger partial charge >= 0.3 is 0 Å². The predicted molar refractivity (Wildman–Crippen MR) is 65.9 cm³/mol. The number of rotatable bonds is 3. The summed E-state index contributed by atoms with van der Waals surface area (Å²) < 4.78 is 2.18. The zero-order chi connectivity index (χ0) is 11.4. The van der Waals surface area contributed by atoms with Crippen molar-refractivity contribution in [3.63, 3.8) is 0 Å². The van der Waals surface area contributed by atoms with Crippen LogP contribution in [0.3, 0.4) is 0 Å². The van der Waals surface area contributed by atoms with Gasteiger partial charge in [0.25, 0.3) is 0 Å². The van der Waals surface area contributed by atoms with Crippen LogP contribution in [0.15, 0.2) is 30.5 Å². The van der Waals surface area contributed by atoms with Crippen molar-refractivity contribution in [1.82, 2.24) is 4.57 Å². The Morgan fingerprint density at radius 1 is 1.31 bits per heavy atom. The molecule has 2 rings (SSSR count). The second-order valence-electron chi connectivity index (χ2n) is 3.69. The Hall–Kier alpha value is -1.72. The maximum atomic E-state index is 9.23. The lowest BCUT2D eigenvalue weighted by molar-refractivity contribution is 0.283. The molecule has 0 bridgehead atoms. The quantitative estimate of drug-likeness (QED) is 0.779. The lowest BCUT2D eigenvalue weighted by Crippen LogP contribution is -1.95. The van der Waals surface area contributed by atoms with E-state index in [1.165, 1.54) is 5.52 Å². The third kappa shape index (κ3) is 1.95. The third-order valence-electron chi connectivity index (χ3n) is 2.73. The predicted octanol–water partition coefficient (Wildman–Crippen LogP) is 2.55. The van der Waals surface area contributed by atoms with Gasteiger partial charge in [0.15, 0.2) is 0 Å². The molecule has 0 amide bonds. The van der Waals surface area contributed by atoms with Crippen LogP contribution in [0.2, 0.25) is 0 Å². The van der Waals surface area contributed by atoms with E-state index in [1.54, 1.807) is 0 Å². The van der Waals surface area contributed by atoms with Crippen molar-refractivity contribution in [3.8, 4) is 11.8 Å². The topological polar surface area (TPSA) is 25.2 Å². The minimum atomic E-state index is 0.0934. The minimum Gasteiger partial charge on any atom is -0.392 e. The maximum Gasteiger partial charge on any atom is 0.0688 e. The fraction of sp³-hybridized carbons (Fsp3) is 0.286. The number of hydrogen-bond acceptors (Lipinski definition) is 1. The van der Waals surface area contributed by atoms with Gasteiger partial charge in [0.2, 0.25) is 0 Å². The van der Waals surface area contributed by atoms with Gasteiger partial charge < -0.3 is 9.67 Å². The summed E-state index contributed by atoms with van der Waals surface area (Å²) in [6, 6.07) is 8.07. The van der Waals surface area contributed by atoms with Crippen LogP contribution in [-0.2, 0) is 13.2 Å². The molecule has 0 aliphatic rings. The zero-order valence-electron chi connectivity index (χ0n) is 9.40. The summed E-state index contributed by atoms with van der Waals surface area (Å²) in [5, 5.41) is 10.4. The Labute approximate surface area is 95.5 Å². The Bertz CT molecular complexity index is 543. The molecule has 0 saturated carbocycles. The minimum absolute atomic E-state index is 0.0934. The number of aliphatic hydroxyl groups excluding tert-OH is 1. The lowest BCUT2D eigenvalue weighted by Gasteiger charge is -2.03. The molecule has 0 aliphatic carbocycles. The number of benzene rings is 1. The van der Waals surface area contributed by atoms with E-state index >= 15 is 0 Å². The molecule has 0 atom stereocenters. The normalized spacial score (nSPS) is 10.1. The lowest BCUT2D eigenvalue weighted by atomic mass is 10.1. The molecule has 0 unspecified atom stereocenters. The van der Waals surface area contributed by atoms with Crippen LogP contribution in [0.1, 0.15) is 18.9 Å². The summed E-state index contributed by atoms with van der Waals surface area (Å²) in [6.07, 6.45) is 2.92. The van der Waals surface area contributed by atoms with E-state index in [-0.39, 0.29) is 6.61 Å². The fourth-order valence-corrected chi connectivity index (χ4v) is 1.92. The number of nitrogens with zero attached hydrogens (tertiary/aromatic N) is 1. The van der Waals surface area contributed by atoms with Gasteiger partial charge in [0, 0.05) is 30.1 Å². The van der Waals surface area contributed by atoms with Crippen LogP contribution in [0.5, 0.6) is 0 Å². The van der Waals surface area contributed by atoms with Gasteiger partial charge in [-0.15, -0.1) is 11.8 Å². The molecule has 2 heteroatoms. The van der Waals surface area contributed by atoms with E-state index in [4.69, 9.17) is 0 Å². The number of hydrogen-bond donors (Lipinski definition) is 1. The van der Waals surface area contributed by atoms with Gasteiger partial charge in [0.1, 0.15) is 0 Å². The van der Waals surface area contributed by atoms with Crippen LogP contribution < -0.4 is 0 Å². The van der Waals surface area contributed by atoms with Crippen molar-refractivity contribution >= 4 is 10.9 Å². The highest BCUT2D eigenvalue weighted by molar-refractivity contribution is 5.83. The first kappa shape index (κ1) is 10.8. The molecular weight excluding hydrogens is 198 g/mol. The molecule has 0 radical (unpaired) electrons. The van der Waals surface area contributed by atoms with Gasteiger partial charge in [-0.25, -0.2) is 0 Å². The number of aliphatic hydroxyl groups is 1. The molecule has 1 aromatic carbocycles. The number of fused-ring (bicyclic) bond motifs is 1. The van der Waals surface area contributed by atoms with Crippen LogP contribution in [0, 0.1) is 11.8 Å².